The summed E-state index contributed by atoms with van der Waals surface area (Å²) in [6, 6.07) is 0. The normalized spacial score (nSPS) is 39.5. The molecule has 4 nitrogen and oxygen atoms in total. The van der Waals surface area contributed by atoms with Crippen LogP contribution in [0.1, 0.15) is 25.7 Å². The molecule has 0 bridgehead atoms. The Morgan fingerprint density at radius 3 is 2.13 bits per heavy atom. The molecule has 0 aromatic rings. The Labute approximate surface area is 88.6 Å². The van der Waals surface area contributed by atoms with Gasteiger partial charge in [-0.05, 0) is 12.8 Å². The van der Waals surface area contributed by atoms with E-state index in [9.17, 15) is 9.59 Å². The number of hydrogen-bond donors (Lipinski definition) is 0. The Morgan fingerprint density at radius 1 is 1.13 bits per heavy atom. The maximum absolute atomic E-state index is 12.0. The van der Waals surface area contributed by atoms with Gasteiger partial charge in [0.15, 0.2) is 0 Å². The molecule has 3 aliphatic rings. The topological polar surface area (TPSA) is 49.9 Å². The van der Waals surface area contributed by atoms with E-state index in [0.717, 1.165) is 25.7 Å². The first kappa shape index (κ1) is 9.33. The summed E-state index contributed by atoms with van der Waals surface area (Å²) >= 11 is 0. The van der Waals surface area contributed by atoms with Gasteiger partial charge < -0.3 is 4.74 Å². The van der Waals surface area contributed by atoms with Gasteiger partial charge in [0.05, 0.1) is 31.1 Å². The third-order valence-electron chi connectivity index (χ3n) is 3.72. The number of hydrogen-bond acceptors (Lipinski definition) is 3. The van der Waals surface area contributed by atoms with Crippen LogP contribution in [0.2, 0.25) is 0 Å². The lowest BCUT2D eigenvalue weighted by molar-refractivity contribution is -0.140. The van der Waals surface area contributed by atoms with Crippen LogP contribution in [0, 0.1) is 11.8 Å². The van der Waals surface area contributed by atoms with E-state index < -0.39 is 0 Å². The Kier molecular flexibility index (Phi) is 2.06. The van der Waals surface area contributed by atoms with E-state index in [1.807, 2.05) is 0 Å². The van der Waals surface area contributed by atoms with Crippen LogP contribution in [-0.4, -0.2) is 36.0 Å². The van der Waals surface area contributed by atoms with Crippen LogP contribution < -0.4 is 0 Å². The van der Waals surface area contributed by atoms with E-state index in [-0.39, 0.29) is 29.8 Å². The monoisotopic (exact) mass is 209 g/mol. The predicted octanol–water partition coefficient (Wildman–Crippen LogP) is 0.560. The number of ether oxygens (including phenoxy) is 1. The van der Waals surface area contributed by atoms with E-state index in [1.54, 1.807) is 0 Å². The first-order chi connectivity index (χ1) is 7.27. The lowest BCUT2D eigenvalue weighted by Gasteiger charge is -2.19. The minimum atomic E-state index is -0.00926. The van der Waals surface area contributed by atoms with Crippen molar-refractivity contribution in [3.05, 3.63) is 0 Å². The molecule has 15 heavy (non-hydrogen) atoms. The standard InChI is InChI=1S/C11H15NO3/c13-10-8-3-1-2-4-9(8)11(14)12(10)5-7-6-15-7/h7-9H,1-6H2. The lowest BCUT2D eigenvalue weighted by Crippen LogP contribution is -2.34. The van der Waals surface area contributed by atoms with Crippen molar-refractivity contribution < 1.29 is 14.3 Å². The summed E-state index contributed by atoms with van der Waals surface area (Å²) in [6.07, 6.45) is 4.11. The second kappa shape index (κ2) is 3.30. The van der Waals surface area contributed by atoms with Gasteiger partial charge in [0.25, 0.3) is 0 Å². The van der Waals surface area contributed by atoms with Crippen LogP contribution >= 0.6 is 0 Å². The summed E-state index contributed by atoms with van der Waals surface area (Å²) in [5, 5.41) is 0. The molecule has 3 rings (SSSR count). The molecule has 0 aromatic carbocycles. The van der Waals surface area contributed by atoms with Gasteiger partial charge in [-0.1, -0.05) is 12.8 Å². The summed E-state index contributed by atoms with van der Waals surface area (Å²) in [4.78, 5) is 25.4. The fourth-order valence-corrected chi connectivity index (χ4v) is 2.79. The van der Waals surface area contributed by atoms with Gasteiger partial charge in [-0.15, -0.1) is 0 Å². The second-order valence-electron chi connectivity index (χ2n) is 4.74. The van der Waals surface area contributed by atoms with Crippen LogP contribution in [0.5, 0.6) is 0 Å². The smallest absolute Gasteiger partial charge is 0.233 e. The number of nitrogens with zero attached hydrogens (tertiary/aromatic N) is 1. The number of carbonyl (C=O) groups excluding carboxylic acids is 2. The van der Waals surface area contributed by atoms with Gasteiger partial charge in [0.2, 0.25) is 11.8 Å². The maximum atomic E-state index is 12.0. The fraction of sp³-hybridized carbons (Fsp3) is 0.818. The molecule has 2 heterocycles. The van der Waals surface area contributed by atoms with E-state index in [1.165, 1.54) is 4.90 Å². The highest BCUT2D eigenvalue weighted by atomic mass is 16.6. The summed E-state index contributed by atoms with van der Waals surface area (Å²) < 4.78 is 5.07. The molecule has 3 unspecified atom stereocenters. The molecule has 2 saturated heterocycles. The van der Waals surface area contributed by atoms with Crippen LogP contribution in [0.15, 0.2) is 0 Å². The highest BCUT2D eigenvalue weighted by Gasteiger charge is 2.49. The zero-order chi connectivity index (χ0) is 10.4. The van der Waals surface area contributed by atoms with Gasteiger partial charge in [-0.3, -0.25) is 14.5 Å². The van der Waals surface area contributed by atoms with E-state index >= 15 is 0 Å². The molecular weight excluding hydrogens is 194 g/mol. The Balaban J connectivity index is 1.78. The van der Waals surface area contributed by atoms with Gasteiger partial charge >= 0.3 is 0 Å². The molecule has 1 aliphatic carbocycles. The van der Waals surface area contributed by atoms with Crippen molar-refractivity contribution >= 4 is 11.8 Å². The average molecular weight is 209 g/mol. The molecule has 4 heteroatoms. The molecule has 0 spiro atoms. The first-order valence-corrected chi connectivity index (χ1v) is 5.74. The Morgan fingerprint density at radius 2 is 1.67 bits per heavy atom. The number of likely N-dealkylation sites (tertiary alicyclic amines) is 1. The van der Waals surface area contributed by atoms with Crippen molar-refractivity contribution in [2.24, 2.45) is 11.8 Å². The number of fused-ring (bicyclic) bond motifs is 1. The third-order valence-corrected chi connectivity index (χ3v) is 3.72. The summed E-state index contributed by atoms with van der Waals surface area (Å²) in [7, 11) is 0. The minimum absolute atomic E-state index is 0.00926. The van der Waals surface area contributed by atoms with Crippen LogP contribution in [0.25, 0.3) is 0 Å². The fourth-order valence-electron chi connectivity index (χ4n) is 2.79. The van der Waals surface area contributed by atoms with Gasteiger partial charge in [-0.25, -0.2) is 0 Å². The van der Waals surface area contributed by atoms with Crippen molar-refractivity contribution in [2.75, 3.05) is 13.2 Å². The molecular formula is C11H15NO3. The number of rotatable bonds is 2. The number of amides is 2. The zero-order valence-corrected chi connectivity index (χ0v) is 8.65. The highest BCUT2D eigenvalue weighted by molar-refractivity contribution is 6.05. The lowest BCUT2D eigenvalue weighted by atomic mass is 9.81. The Hall–Kier alpha value is -0.900. The second-order valence-corrected chi connectivity index (χ2v) is 4.74. The van der Waals surface area contributed by atoms with E-state index in [0.29, 0.717) is 13.2 Å². The van der Waals surface area contributed by atoms with Crippen LogP contribution in [-0.2, 0) is 14.3 Å². The molecule has 3 fully saturated rings. The minimum Gasteiger partial charge on any atom is -0.371 e. The maximum Gasteiger partial charge on any atom is 0.233 e. The van der Waals surface area contributed by atoms with Crippen LogP contribution in [0.4, 0.5) is 0 Å². The first-order valence-electron chi connectivity index (χ1n) is 5.74. The molecule has 82 valence electrons. The molecule has 2 aliphatic heterocycles. The molecule has 2 amide bonds. The Bertz CT molecular complexity index is 287. The number of imide groups is 1. The van der Waals surface area contributed by atoms with Crippen molar-refractivity contribution in [3.63, 3.8) is 0 Å². The van der Waals surface area contributed by atoms with E-state index in [2.05, 4.69) is 0 Å². The third kappa shape index (κ3) is 1.47. The predicted molar refractivity (Wildman–Crippen MR) is 51.9 cm³/mol. The van der Waals surface area contributed by atoms with E-state index in [4.69, 9.17) is 4.74 Å². The van der Waals surface area contributed by atoms with Crippen LogP contribution in [0.3, 0.4) is 0 Å². The summed E-state index contributed by atoms with van der Waals surface area (Å²) in [6.45, 7) is 1.19. The van der Waals surface area contributed by atoms with Crippen molar-refractivity contribution in [3.8, 4) is 0 Å². The van der Waals surface area contributed by atoms with Crippen molar-refractivity contribution in [1.82, 2.24) is 4.90 Å². The van der Waals surface area contributed by atoms with Gasteiger partial charge in [0, 0.05) is 0 Å². The summed E-state index contributed by atoms with van der Waals surface area (Å²) in [5.41, 5.74) is 0. The summed E-state index contributed by atoms with van der Waals surface area (Å²) in [5.74, 6) is 0.0930. The zero-order valence-electron chi connectivity index (χ0n) is 8.65. The molecule has 3 atom stereocenters. The quantitative estimate of drug-likeness (QED) is 0.493. The van der Waals surface area contributed by atoms with Crippen molar-refractivity contribution in [2.45, 2.75) is 31.8 Å². The van der Waals surface area contributed by atoms with Crippen molar-refractivity contribution in [1.29, 1.82) is 0 Å². The molecule has 1 saturated carbocycles. The molecule has 0 radical (unpaired) electrons. The highest BCUT2D eigenvalue weighted by Crippen LogP contribution is 2.38. The average Bonchev–Trinajstić information content (AvgIpc) is 3.04. The van der Waals surface area contributed by atoms with Gasteiger partial charge in [0.1, 0.15) is 0 Å². The number of epoxide rings is 1. The molecule has 0 N–H and O–H groups in total. The van der Waals surface area contributed by atoms with Gasteiger partial charge in [-0.2, -0.15) is 0 Å². The molecule has 0 aromatic heterocycles. The SMILES string of the molecule is O=C1C2CCCCC2C(=O)N1CC1CO1. The largest absolute Gasteiger partial charge is 0.371 e. The number of carbonyl (C=O) groups is 2.